The first-order valence-electron chi connectivity index (χ1n) is 5.35. The van der Waals surface area contributed by atoms with Crippen LogP contribution in [0.5, 0.6) is 0 Å². The molecule has 1 saturated heterocycles. The van der Waals surface area contributed by atoms with E-state index in [1.165, 1.54) is 35.8 Å². The van der Waals surface area contributed by atoms with Crippen molar-refractivity contribution in [2.45, 2.75) is 6.04 Å². The molecule has 1 amide bonds. The van der Waals surface area contributed by atoms with Crippen molar-refractivity contribution in [1.29, 1.82) is 0 Å². The minimum atomic E-state index is -1.07. The van der Waals surface area contributed by atoms with Crippen molar-refractivity contribution >= 4 is 29.5 Å². The molecule has 1 aliphatic rings. The number of amides is 1. The van der Waals surface area contributed by atoms with E-state index in [-0.39, 0.29) is 17.4 Å². The summed E-state index contributed by atoms with van der Waals surface area (Å²) in [5.41, 5.74) is 0.112. The third kappa shape index (κ3) is 2.28. The van der Waals surface area contributed by atoms with E-state index in [1.54, 1.807) is 0 Å². The van der Waals surface area contributed by atoms with Crippen LogP contribution in [0.25, 0.3) is 0 Å². The maximum Gasteiger partial charge on any atom is 0.327 e. The third-order valence-electron chi connectivity index (χ3n) is 2.93. The molecule has 1 unspecified atom stereocenters. The summed E-state index contributed by atoms with van der Waals surface area (Å²) in [6.45, 7) is 0. The molecule has 1 fully saturated rings. The summed E-state index contributed by atoms with van der Waals surface area (Å²) in [6.07, 6.45) is 0. The van der Waals surface area contributed by atoms with Gasteiger partial charge in [-0.05, 0) is 11.0 Å². The monoisotopic (exact) mass is 285 g/mol. The van der Waals surface area contributed by atoms with Crippen LogP contribution in [0.2, 0.25) is 0 Å². The van der Waals surface area contributed by atoms with Crippen molar-refractivity contribution in [3.63, 3.8) is 0 Å². The van der Waals surface area contributed by atoms with E-state index in [9.17, 15) is 19.7 Å². The van der Waals surface area contributed by atoms with Gasteiger partial charge in [0.05, 0.1) is 12.9 Å². The summed E-state index contributed by atoms with van der Waals surface area (Å²) in [5.74, 6) is -1.18. The molecular weight excluding hydrogens is 274 g/mol. The molecule has 1 N–H and O–H groups in total. The second-order valence-corrected chi connectivity index (χ2v) is 5.02. The number of aliphatic carboxylic acids is 1. The first kappa shape index (κ1) is 13.4. The van der Waals surface area contributed by atoms with E-state index in [0.717, 1.165) is 4.57 Å². The average molecular weight is 285 g/mol. The van der Waals surface area contributed by atoms with Crippen LogP contribution in [0.1, 0.15) is 10.5 Å². The summed E-state index contributed by atoms with van der Waals surface area (Å²) in [7, 11) is 1.41. The van der Waals surface area contributed by atoms with Crippen molar-refractivity contribution in [3.8, 4) is 0 Å². The number of carboxylic acids is 1. The Morgan fingerprint density at radius 1 is 1.53 bits per heavy atom. The molecule has 1 aromatic heterocycles. The number of aromatic nitrogens is 1. The van der Waals surface area contributed by atoms with Gasteiger partial charge >= 0.3 is 11.8 Å². The van der Waals surface area contributed by atoms with Crippen LogP contribution in [0.4, 0.5) is 5.82 Å². The smallest absolute Gasteiger partial charge is 0.327 e. The van der Waals surface area contributed by atoms with Crippen molar-refractivity contribution in [2.24, 2.45) is 7.05 Å². The van der Waals surface area contributed by atoms with Crippen LogP contribution in [-0.4, -0.2) is 49.0 Å². The highest BCUT2D eigenvalue weighted by Crippen LogP contribution is 2.25. The number of nitrogens with zero attached hydrogens (tertiary/aromatic N) is 3. The lowest BCUT2D eigenvalue weighted by Crippen LogP contribution is -2.42. The topological polar surface area (TPSA) is 106 Å². The van der Waals surface area contributed by atoms with Gasteiger partial charge in [0.25, 0.3) is 5.91 Å². The van der Waals surface area contributed by atoms with Crippen molar-refractivity contribution in [2.75, 3.05) is 11.6 Å². The molecule has 9 heteroatoms. The second kappa shape index (κ2) is 4.92. The number of carbonyl (C=O) groups excluding carboxylic acids is 1. The zero-order valence-corrected chi connectivity index (χ0v) is 10.8. The molecule has 0 aromatic carbocycles. The zero-order valence-electron chi connectivity index (χ0n) is 9.98. The van der Waals surface area contributed by atoms with Gasteiger partial charge in [0.2, 0.25) is 0 Å². The molecule has 0 radical (unpaired) electrons. The largest absolute Gasteiger partial charge is 0.480 e. The molecule has 2 rings (SSSR count). The highest BCUT2D eigenvalue weighted by molar-refractivity contribution is 7.99. The molecule has 1 atom stereocenters. The SMILES string of the molecule is Cn1c(C(=O)N2CSCC2C(=O)O)ccc1[N+](=O)[O-]. The second-order valence-electron chi connectivity index (χ2n) is 4.02. The number of rotatable bonds is 3. The van der Waals surface area contributed by atoms with Gasteiger partial charge in [-0.1, -0.05) is 0 Å². The van der Waals surface area contributed by atoms with Gasteiger partial charge in [0, 0.05) is 11.8 Å². The maximum absolute atomic E-state index is 12.2. The molecule has 1 aliphatic heterocycles. The van der Waals surface area contributed by atoms with Crippen LogP contribution in [0.15, 0.2) is 12.1 Å². The van der Waals surface area contributed by atoms with Crippen LogP contribution in [-0.2, 0) is 11.8 Å². The first-order chi connectivity index (χ1) is 8.93. The summed E-state index contributed by atoms with van der Waals surface area (Å²) >= 11 is 1.34. The number of hydrogen-bond donors (Lipinski definition) is 1. The predicted molar refractivity (Wildman–Crippen MR) is 67.0 cm³/mol. The van der Waals surface area contributed by atoms with Crippen LogP contribution < -0.4 is 0 Å². The van der Waals surface area contributed by atoms with E-state index in [1.807, 2.05) is 0 Å². The summed E-state index contributed by atoms with van der Waals surface area (Å²) in [6, 6.07) is 1.68. The van der Waals surface area contributed by atoms with Crippen molar-refractivity contribution in [3.05, 3.63) is 27.9 Å². The van der Waals surface area contributed by atoms with Crippen LogP contribution in [0.3, 0.4) is 0 Å². The molecule has 0 spiro atoms. The molecule has 1 aromatic rings. The third-order valence-corrected chi connectivity index (χ3v) is 3.94. The highest BCUT2D eigenvalue weighted by atomic mass is 32.2. The molecule has 102 valence electrons. The molecular formula is C10H11N3O5S. The van der Waals surface area contributed by atoms with Crippen LogP contribution in [0, 0.1) is 10.1 Å². The Bertz CT molecular complexity index is 555. The molecule has 8 nitrogen and oxygen atoms in total. The Morgan fingerprint density at radius 3 is 2.74 bits per heavy atom. The first-order valence-corrected chi connectivity index (χ1v) is 6.50. The maximum atomic E-state index is 12.2. The summed E-state index contributed by atoms with van der Waals surface area (Å²) in [5, 5.41) is 19.7. The van der Waals surface area contributed by atoms with Gasteiger partial charge in [-0.25, -0.2) is 9.36 Å². The van der Waals surface area contributed by atoms with E-state index < -0.39 is 22.8 Å². The van der Waals surface area contributed by atoms with Gasteiger partial charge < -0.3 is 20.1 Å². The molecule has 19 heavy (non-hydrogen) atoms. The Balaban J connectivity index is 2.29. The van der Waals surface area contributed by atoms with E-state index in [2.05, 4.69) is 0 Å². The lowest BCUT2D eigenvalue weighted by Gasteiger charge is -2.19. The molecule has 0 saturated carbocycles. The van der Waals surface area contributed by atoms with Gasteiger partial charge in [0.1, 0.15) is 6.04 Å². The lowest BCUT2D eigenvalue weighted by atomic mass is 10.2. The fraction of sp³-hybridized carbons (Fsp3) is 0.400. The number of carboxylic acid groups (broad SMARTS) is 1. The van der Waals surface area contributed by atoms with Gasteiger partial charge in [-0.2, -0.15) is 0 Å². The highest BCUT2D eigenvalue weighted by Gasteiger charge is 2.37. The minimum Gasteiger partial charge on any atom is -0.480 e. The Labute approximate surface area is 112 Å². The number of nitro groups is 1. The van der Waals surface area contributed by atoms with Crippen LogP contribution >= 0.6 is 11.8 Å². The van der Waals surface area contributed by atoms with E-state index >= 15 is 0 Å². The van der Waals surface area contributed by atoms with E-state index in [0.29, 0.717) is 5.75 Å². The molecule has 2 heterocycles. The lowest BCUT2D eigenvalue weighted by molar-refractivity contribution is -0.391. The Hall–Kier alpha value is -2.03. The number of hydrogen-bond acceptors (Lipinski definition) is 5. The number of carbonyl (C=O) groups is 2. The predicted octanol–water partition coefficient (Wildman–Crippen LogP) is 0.533. The van der Waals surface area contributed by atoms with Gasteiger partial charge in [0.15, 0.2) is 5.69 Å². The van der Waals surface area contributed by atoms with Gasteiger partial charge in [-0.15, -0.1) is 11.8 Å². The van der Waals surface area contributed by atoms with Crippen molar-refractivity contribution in [1.82, 2.24) is 9.47 Å². The Kier molecular flexibility index (Phi) is 3.47. The quantitative estimate of drug-likeness (QED) is 0.641. The summed E-state index contributed by atoms with van der Waals surface area (Å²) < 4.78 is 1.16. The van der Waals surface area contributed by atoms with E-state index in [4.69, 9.17) is 5.11 Å². The number of thioether (sulfide) groups is 1. The minimum absolute atomic E-state index is 0.112. The zero-order chi connectivity index (χ0) is 14.2. The van der Waals surface area contributed by atoms with Gasteiger partial charge in [-0.3, -0.25) is 4.79 Å². The summed E-state index contributed by atoms with van der Waals surface area (Å²) in [4.78, 5) is 34.6. The molecule has 0 aliphatic carbocycles. The fourth-order valence-corrected chi connectivity index (χ4v) is 3.04. The Morgan fingerprint density at radius 2 is 2.21 bits per heavy atom. The van der Waals surface area contributed by atoms with Crippen molar-refractivity contribution < 1.29 is 19.6 Å². The molecule has 0 bridgehead atoms. The normalized spacial score (nSPS) is 18.6. The average Bonchev–Trinajstić information content (AvgIpc) is 2.93. The fourth-order valence-electron chi connectivity index (χ4n) is 1.89. The standard InChI is InChI=1S/C10H11N3O5S/c1-11-6(2-3-8(11)13(17)18)9(14)12-5-19-4-7(12)10(15)16/h2-3,7H,4-5H2,1H3,(H,15,16).